The van der Waals surface area contributed by atoms with E-state index in [9.17, 15) is 0 Å². The third-order valence-corrected chi connectivity index (χ3v) is 3.90. The number of aromatic nitrogens is 1. The van der Waals surface area contributed by atoms with Crippen molar-refractivity contribution in [2.45, 2.75) is 57.5 Å². The van der Waals surface area contributed by atoms with Crippen LogP contribution >= 0.6 is 0 Å². The maximum atomic E-state index is 4.35. The number of hydrogen-bond acceptors (Lipinski definition) is 3. The van der Waals surface area contributed by atoms with Gasteiger partial charge in [0.15, 0.2) is 0 Å². The van der Waals surface area contributed by atoms with Crippen LogP contribution in [0.25, 0.3) is 0 Å². The molecule has 2 atom stereocenters. The normalized spacial score (nSPS) is 21.8. The molecule has 0 spiro atoms. The number of pyridine rings is 1. The summed E-state index contributed by atoms with van der Waals surface area (Å²) in [6.45, 7) is 4.52. The monoisotopic (exact) mass is 261 g/mol. The molecule has 0 amide bonds. The fraction of sp³-hybridized carbons (Fsp3) is 0.688. The molecule has 1 aliphatic heterocycles. The minimum Gasteiger partial charge on any atom is -0.314 e. The second kappa shape index (κ2) is 8.28. The van der Waals surface area contributed by atoms with Crippen molar-refractivity contribution >= 4 is 0 Å². The molecule has 1 aliphatic rings. The van der Waals surface area contributed by atoms with E-state index >= 15 is 0 Å². The maximum Gasteiger partial charge on any atom is 0.0416 e. The van der Waals surface area contributed by atoms with Crippen molar-refractivity contribution < 1.29 is 0 Å². The van der Waals surface area contributed by atoms with Gasteiger partial charge in [0.2, 0.25) is 0 Å². The summed E-state index contributed by atoms with van der Waals surface area (Å²) in [5.41, 5.74) is 1.18. The maximum absolute atomic E-state index is 4.35. The highest BCUT2D eigenvalue weighted by Gasteiger charge is 2.14. The topological polar surface area (TPSA) is 37.0 Å². The van der Waals surface area contributed by atoms with Crippen molar-refractivity contribution in [1.29, 1.82) is 0 Å². The van der Waals surface area contributed by atoms with Crippen molar-refractivity contribution in [3.63, 3.8) is 0 Å². The molecule has 0 aliphatic carbocycles. The Hall–Kier alpha value is -0.930. The van der Waals surface area contributed by atoms with E-state index in [2.05, 4.69) is 34.7 Å². The van der Waals surface area contributed by atoms with Crippen LogP contribution in [0, 0.1) is 0 Å². The SMILES string of the molecule is CC(CC1CCCCCN1)NCCc1ccccn1. The molecule has 19 heavy (non-hydrogen) atoms. The Labute approximate surface area is 117 Å². The van der Waals surface area contributed by atoms with E-state index in [0.29, 0.717) is 12.1 Å². The van der Waals surface area contributed by atoms with Gasteiger partial charge in [-0.3, -0.25) is 4.98 Å². The van der Waals surface area contributed by atoms with Crippen LogP contribution < -0.4 is 10.6 Å². The molecule has 2 rings (SSSR count). The van der Waals surface area contributed by atoms with Gasteiger partial charge in [-0.05, 0) is 44.9 Å². The Morgan fingerprint density at radius 1 is 1.37 bits per heavy atom. The lowest BCUT2D eigenvalue weighted by Crippen LogP contribution is -2.37. The summed E-state index contributed by atoms with van der Waals surface area (Å²) < 4.78 is 0. The third-order valence-electron chi connectivity index (χ3n) is 3.90. The first-order valence-electron chi connectivity index (χ1n) is 7.71. The standard InChI is InChI=1S/C16H27N3/c1-14(13-16-8-3-2-5-10-19-16)17-12-9-15-7-4-6-11-18-15/h4,6-7,11,14,16-17,19H,2-3,5,8-10,12-13H2,1H3. The Bertz CT molecular complexity index is 331. The molecular weight excluding hydrogens is 234 g/mol. The van der Waals surface area contributed by atoms with E-state index in [4.69, 9.17) is 0 Å². The van der Waals surface area contributed by atoms with Gasteiger partial charge in [0.05, 0.1) is 0 Å². The van der Waals surface area contributed by atoms with E-state index in [0.717, 1.165) is 13.0 Å². The van der Waals surface area contributed by atoms with Gasteiger partial charge < -0.3 is 10.6 Å². The Kier molecular flexibility index (Phi) is 6.31. The quantitative estimate of drug-likeness (QED) is 0.826. The van der Waals surface area contributed by atoms with E-state index in [1.54, 1.807) is 0 Å². The lowest BCUT2D eigenvalue weighted by atomic mass is 10.0. The van der Waals surface area contributed by atoms with Crippen LogP contribution in [0.3, 0.4) is 0 Å². The third kappa shape index (κ3) is 5.70. The summed E-state index contributed by atoms with van der Waals surface area (Å²) >= 11 is 0. The molecule has 1 aromatic rings. The predicted molar refractivity (Wildman–Crippen MR) is 80.3 cm³/mol. The van der Waals surface area contributed by atoms with Gasteiger partial charge in [-0.2, -0.15) is 0 Å². The van der Waals surface area contributed by atoms with Gasteiger partial charge in [0.1, 0.15) is 0 Å². The molecule has 3 heteroatoms. The second-order valence-corrected chi connectivity index (χ2v) is 5.66. The Balaban J connectivity index is 1.62. The highest BCUT2D eigenvalue weighted by atomic mass is 14.9. The average molecular weight is 261 g/mol. The average Bonchev–Trinajstić information content (AvgIpc) is 2.68. The zero-order valence-corrected chi connectivity index (χ0v) is 12.1. The number of rotatable bonds is 6. The van der Waals surface area contributed by atoms with Crippen molar-refractivity contribution in [1.82, 2.24) is 15.6 Å². The van der Waals surface area contributed by atoms with Crippen LogP contribution in [0.2, 0.25) is 0 Å². The van der Waals surface area contributed by atoms with E-state index in [1.165, 1.54) is 44.3 Å². The first-order chi connectivity index (χ1) is 9.34. The lowest BCUT2D eigenvalue weighted by molar-refractivity contribution is 0.404. The number of nitrogens with zero attached hydrogens (tertiary/aromatic N) is 1. The summed E-state index contributed by atoms with van der Waals surface area (Å²) in [4.78, 5) is 4.35. The molecule has 1 aromatic heterocycles. The van der Waals surface area contributed by atoms with Gasteiger partial charge in [-0.25, -0.2) is 0 Å². The first-order valence-corrected chi connectivity index (χ1v) is 7.71. The Morgan fingerprint density at radius 3 is 3.16 bits per heavy atom. The van der Waals surface area contributed by atoms with E-state index in [1.807, 2.05) is 12.3 Å². The molecular formula is C16H27N3. The molecule has 2 N–H and O–H groups in total. The van der Waals surface area contributed by atoms with Gasteiger partial charge >= 0.3 is 0 Å². The summed E-state index contributed by atoms with van der Waals surface area (Å²) in [5, 5.41) is 7.29. The fourth-order valence-corrected chi connectivity index (χ4v) is 2.80. The molecule has 106 valence electrons. The van der Waals surface area contributed by atoms with Crippen molar-refractivity contribution in [3.8, 4) is 0 Å². The van der Waals surface area contributed by atoms with Gasteiger partial charge in [-0.1, -0.05) is 18.9 Å². The summed E-state index contributed by atoms with van der Waals surface area (Å²) in [5.74, 6) is 0. The molecule has 0 aromatic carbocycles. The van der Waals surface area contributed by atoms with Crippen LogP contribution in [-0.4, -0.2) is 30.2 Å². The van der Waals surface area contributed by atoms with Crippen LogP contribution in [-0.2, 0) is 6.42 Å². The molecule has 0 radical (unpaired) electrons. The minimum absolute atomic E-state index is 0.583. The highest BCUT2D eigenvalue weighted by molar-refractivity contribution is 5.03. The minimum atomic E-state index is 0.583. The molecule has 2 heterocycles. The predicted octanol–water partition coefficient (Wildman–Crippen LogP) is 2.52. The molecule has 0 bridgehead atoms. The second-order valence-electron chi connectivity index (χ2n) is 5.66. The first kappa shape index (κ1) is 14.5. The largest absolute Gasteiger partial charge is 0.314 e. The van der Waals surface area contributed by atoms with Gasteiger partial charge in [0.25, 0.3) is 0 Å². The lowest BCUT2D eigenvalue weighted by Gasteiger charge is -2.21. The Morgan fingerprint density at radius 2 is 2.32 bits per heavy atom. The van der Waals surface area contributed by atoms with Gasteiger partial charge in [-0.15, -0.1) is 0 Å². The summed E-state index contributed by atoms with van der Waals surface area (Å²) in [6.07, 6.45) is 9.59. The van der Waals surface area contributed by atoms with Crippen LogP contribution in [0.1, 0.15) is 44.7 Å². The number of hydrogen-bond donors (Lipinski definition) is 2. The zero-order chi connectivity index (χ0) is 13.3. The summed E-state index contributed by atoms with van der Waals surface area (Å²) in [7, 11) is 0. The van der Waals surface area contributed by atoms with Crippen molar-refractivity contribution in [2.24, 2.45) is 0 Å². The number of nitrogens with one attached hydrogen (secondary N) is 2. The van der Waals surface area contributed by atoms with Gasteiger partial charge in [0, 0.05) is 36.9 Å². The van der Waals surface area contributed by atoms with Crippen LogP contribution in [0.5, 0.6) is 0 Å². The highest BCUT2D eigenvalue weighted by Crippen LogP contribution is 2.12. The fourth-order valence-electron chi connectivity index (χ4n) is 2.80. The van der Waals surface area contributed by atoms with Crippen LogP contribution in [0.4, 0.5) is 0 Å². The van der Waals surface area contributed by atoms with Crippen molar-refractivity contribution in [2.75, 3.05) is 13.1 Å². The zero-order valence-electron chi connectivity index (χ0n) is 12.1. The van der Waals surface area contributed by atoms with Crippen molar-refractivity contribution in [3.05, 3.63) is 30.1 Å². The molecule has 0 saturated carbocycles. The smallest absolute Gasteiger partial charge is 0.0416 e. The molecule has 1 fully saturated rings. The molecule has 1 saturated heterocycles. The summed E-state index contributed by atoms with van der Waals surface area (Å²) in [6, 6.07) is 7.41. The van der Waals surface area contributed by atoms with Crippen LogP contribution in [0.15, 0.2) is 24.4 Å². The van der Waals surface area contributed by atoms with E-state index < -0.39 is 0 Å². The molecule has 3 nitrogen and oxygen atoms in total. The molecule has 2 unspecified atom stereocenters. The van der Waals surface area contributed by atoms with E-state index in [-0.39, 0.29) is 0 Å².